The molecule has 0 saturated heterocycles. The van der Waals surface area contributed by atoms with E-state index in [2.05, 4.69) is 4.99 Å². The summed E-state index contributed by atoms with van der Waals surface area (Å²) in [5.41, 5.74) is 0.666. The highest BCUT2D eigenvalue weighted by atomic mass is 32.1. The van der Waals surface area contributed by atoms with E-state index < -0.39 is 5.97 Å². The number of ether oxygens (including phenoxy) is 2. The van der Waals surface area contributed by atoms with Crippen LogP contribution in [0.15, 0.2) is 46.8 Å². The second-order valence-corrected chi connectivity index (χ2v) is 4.22. The Morgan fingerprint density at radius 3 is 2.67 bits per heavy atom. The minimum Gasteiger partial charge on any atom is -0.497 e. The van der Waals surface area contributed by atoms with Crippen molar-refractivity contribution in [1.29, 1.82) is 0 Å². The van der Waals surface area contributed by atoms with Crippen LogP contribution in [0.25, 0.3) is 0 Å². The van der Waals surface area contributed by atoms with Crippen molar-refractivity contribution in [2.24, 2.45) is 4.99 Å². The number of aliphatic imine (C=N–C) groups is 1. The monoisotopic (exact) mass is 261 g/mol. The number of hydrogen-bond acceptors (Lipinski definition) is 5. The average molecular weight is 261 g/mol. The zero-order valence-corrected chi connectivity index (χ0v) is 10.5. The Hall–Kier alpha value is -2.14. The standard InChI is InChI=1S/C13H11NO3S/c1-16-11-6-4-10(5-7-11)14-9-12(15)17-13-3-2-8-18-13/h2-9H,1H3. The molecule has 5 heteroatoms. The Kier molecular flexibility index (Phi) is 4.09. The molecule has 0 aliphatic carbocycles. The predicted octanol–water partition coefficient (Wildman–Crippen LogP) is 3.06. The van der Waals surface area contributed by atoms with Gasteiger partial charge in [-0.3, -0.25) is 0 Å². The van der Waals surface area contributed by atoms with E-state index in [0.717, 1.165) is 12.0 Å². The molecule has 1 aromatic carbocycles. The van der Waals surface area contributed by atoms with Gasteiger partial charge in [0.15, 0.2) is 5.06 Å². The van der Waals surface area contributed by atoms with Crippen LogP contribution >= 0.6 is 11.3 Å². The summed E-state index contributed by atoms with van der Waals surface area (Å²) in [7, 11) is 1.59. The predicted molar refractivity (Wildman–Crippen MR) is 71.1 cm³/mol. The molecular formula is C13H11NO3S. The maximum Gasteiger partial charge on any atom is 0.355 e. The van der Waals surface area contributed by atoms with Crippen molar-refractivity contribution in [2.45, 2.75) is 0 Å². The van der Waals surface area contributed by atoms with Gasteiger partial charge in [-0.15, -0.1) is 11.3 Å². The van der Waals surface area contributed by atoms with E-state index in [9.17, 15) is 4.79 Å². The molecule has 4 nitrogen and oxygen atoms in total. The molecule has 0 radical (unpaired) electrons. The summed E-state index contributed by atoms with van der Waals surface area (Å²) < 4.78 is 10.0. The van der Waals surface area contributed by atoms with Crippen LogP contribution in [0.2, 0.25) is 0 Å². The fourth-order valence-corrected chi connectivity index (χ4v) is 1.82. The second-order valence-electron chi connectivity index (χ2n) is 3.31. The van der Waals surface area contributed by atoms with Gasteiger partial charge in [0.1, 0.15) is 12.0 Å². The first kappa shape index (κ1) is 12.3. The van der Waals surface area contributed by atoms with Gasteiger partial charge in [0.05, 0.1) is 12.8 Å². The van der Waals surface area contributed by atoms with Crippen LogP contribution < -0.4 is 9.47 Å². The highest BCUT2D eigenvalue weighted by molar-refractivity contribution is 7.11. The van der Waals surface area contributed by atoms with Crippen molar-refractivity contribution in [2.75, 3.05) is 7.11 Å². The van der Waals surface area contributed by atoms with E-state index in [1.807, 2.05) is 11.4 Å². The summed E-state index contributed by atoms with van der Waals surface area (Å²) in [5, 5.41) is 2.39. The van der Waals surface area contributed by atoms with Crippen LogP contribution in [0.1, 0.15) is 0 Å². The molecule has 2 aromatic rings. The summed E-state index contributed by atoms with van der Waals surface area (Å²) in [6, 6.07) is 10.6. The Morgan fingerprint density at radius 2 is 2.06 bits per heavy atom. The summed E-state index contributed by atoms with van der Waals surface area (Å²) in [5.74, 6) is 0.253. The first-order valence-corrected chi connectivity index (χ1v) is 6.09. The topological polar surface area (TPSA) is 47.9 Å². The molecule has 0 fully saturated rings. The van der Waals surface area contributed by atoms with Gasteiger partial charge in [-0.2, -0.15) is 0 Å². The van der Waals surface area contributed by atoms with Crippen LogP contribution in [0.5, 0.6) is 10.8 Å². The molecule has 0 aliphatic rings. The van der Waals surface area contributed by atoms with E-state index in [-0.39, 0.29) is 0 Å². The number of rotatable bonds is 4. The van der Waals surface area contributed by atoms with Crippen LogP contribution in [0.3, 0.4) is 0 Å². The molecular weight excluding hydrogens is 250 g/mol. The van der Waals surface area contributed by atoms with Crippen LogP contribution in [-0.4, -0.2) is 19.3 Å². The molecule has 0 spiro atoms. The average Bonchev–Trinajstić information content (AvgIpc) is 2.90. The van der Waals surface area contributed by atoms with Gasteiger partial charge in [0.25, 0.3) is 0 Å². The van der Waals surface area contributed by atoms with Crippen molar-refractivity contribution in [3.8, 4) is 10.8 Å². The van der Waals surface area contributed by atoms with Crippen molar-refractivity contribution in [1.82, 2.24) is 0 Å². The molecule has 0 saturated carbocycles. The Bertz CT molecular complexity index is 532. The van der Waals surface area contributed by atoms with Crippen LogP contribution in [0.4, 0.5) is 5.69 Å². The lowest BCUT2D eigenvalue weighted by atomic mass is 10.3. The maximum absolute atomic E-state index is 11.4. The molecule has 0 aliphatic heterocycles. The largest absolute Gasteiger partial charge is 0.497 e. The minimum atomic E-state index is -0.492. The third-order valence-corrected chi connectivity index (χ3v) is 2.83. The van der Waals surface area contributed by atoms with Crippen LogP contribution in [0, 0.1) is 0 Å². The maximum atomic E-state index is 11.4. The van der Waals surface area contributed by atoms with Gasteiger partial charge >= 0.3 is 5.97 Å². The van der Waals surface area contributed by atoms with Gasteiger partial charge in [-0.25, -0.2) is 9.79 Å². The summed E-state index contributed by atoms with van der Waals surface area (Å²) in [6.07, 6.45) is 1.15. The molecule has 18 heavy (non-hydrogen) atoms. The molecule has 1 aromatic heterocycles. The van der Waals surface area contributed by atoms with E-state index >= 15 is 0 Å². The number of benzene rings is 1. The van der Waals surface area contributed by atoms with E-state index in [0.29, 0.717) is 10.8 Å². The molecule has 0 N–H and O–H groups in total. The molecule has 92 valence electrons. The number of methoxy groups -OCH3 is 1. The fraction of sp³-hybridized carbons (Fsp3) is 0.0769. The fourth-order valence-electron chi connectivity index (χ4n) is 1.24. The van der Waals surface area contributed by atoms with Crippen molar-refractivity contribution in [3.63, 3.8) is 0 Å². The van der Waals surface area contributed by atoms with E-state index in [4.69, 9.17) is 9.47 Å². The smallest absolute Gasteiger partial charge is 0.355 e. The van der Waals surface area contributed by atoms with Gasteiger partial charge in [-0.05, 0) is 41.8 Å². The highest BCUT2D eigenvalue weighted by Gasteiger charge is 2.01. The first-order valence-electron chi connectivity index (χ1n) is 5.21. The Labute approximate surface area is 109 Å². The number of nitrogens with zero attached hydrogens (tertiary/aromatic N) is 1. The lowest BCUT2D eigenvalue weighted by Crippen LogP contribution is -2.07. The summed E-state index contributed by atoms with van der Waals surface area (Å²) >= 11 is 1.36. The molecule has 0 atom stereocenters. The van der Waals surface area contributed by atoms with Crippen molar-refractivity contribution < 1.29 is 14.3 Å². The van der Waals surface area contributed by atoms with Gasteiger partial charge in [0, 0.05) is 0 Å². The van der Waals surface area contributed by atoms with Crippen LogP contribution in [-0.2, 0) is 4.79 Å². The zero-order chi connectivity index (χ0) is 12.8. The van der Waals surface area contributed by atoms with Crippen molar-refractivity contribution in [3.05, 3.63) is 41.8 Å². The number of thiophene rings is 1. The summed E-state index contributed by atoms with van der Waals surface area (Å²) in [6.45, 7) is 0. The SMILES string of the molecule is COc1ccc(N=CC(=O)Oc2cccs2)cc1. The normalized spacial score (nSPS) is 10.5. The third-order valence-electron chi connectivity index (χ3n) is 2.09. The number of esters is 1. The van der Waals surface area contributed by atoms with Gasteiger partial charge in [0.2, 0.25) is 0 Å². The number of carbonyl (C=O) groups excluding carboxylic acids is 1. The van der Waals surface area contributed by atoms with E-state index in [1.54, 1.807) is 37.4 Å². The Morgan fingerprint density at radius 1 is 1.28 bits per heavy atom. The molecule has 2 rings (SSSR count). The second kappa shape index (κ2) is 5.97. The number of carbonyl (C=O) groups is 1. The van der Waals surface area contributed by atoms with Gasteiger partial charge in [-0.1, -0.05) is 0 Å². The van der Waals surface area contributed by atoms with E-state index in [1.165, 1.54) is 11.3 Å². The number of hydrogen-bond donors (Lipinski definition) is 0. The van der Waals surface area contributed by atoms with Gasteiger partial charge < -0.3 is 9.47 Å². The minimum absolute atomic E-state index is 0.492. The zero-order valence-electron chi connectivity index (χ0n) is 9.70. The lowest BCUT2D eigenvalue weighted by Gasteiger charge is -1.99. The third kappa shape index (κ3) is 3.43. The molecule has 0 amide bonds. The Balaban J connectivity index is 1.95. The lowest BCUT2D eigenvalue weighted by molar-refractivity contribution is -0.126. The molecule has 0 unspecified atom stereocenters. The first-order chi connectivity index (χ1) is 8.78. The molecule has 0 bridgehead atoms. The quantitative estimate of drug-likeness (QED) is 0.627. The molecule has 1 heterocycles. The van der Waals surface area contributed by atoms with Crippen molar-refractivity contribution >= 4 is 29.2 Å². The highest BCUT2D eigenvalue weighted by Crippen LogP contribution is 2.19. The summed E-state index contributed by atoms with van der Waals surface area (Å²) in [4.78, 5) is 15.4.